The molecule has 0 bridgehead atoms. The van der Waals surface area contributed by atoms with Gasteiger partial charge in [-0.05, 0) is 43.2 Å². The Bertz CT molecular complexity index is 1510. The minimum absolute atomic E-state index is 0.0208. The maximum Gasteiger partial charge on any atom is 0.323 e. The smallest absolute Gasteiger partial charge is 0.323 e. The van der Waals surface area contributed by atoms with E-state index in [2.05, 4.69) is 30.9 Å². The van der Waals surface area contributed by atoms with Crippen molar-refractivity contribution in [3.8, 4) is 11.5 Å². The van der Waals surface area contributed by atoms with E-state index < -0.39 is 11.7 Å². The number of carbonyl (C=O) groups is 2. The number of aryl methyl sites for hydroxylation is 1. The third kappa shape index (κ3) is 6.49. The van der Waals surface area contributed by atoms with E-state index in [-0.39, 0.29) is 23.2 Å². The maximum atomic E-state index is 15.1. The zero-order valence-corrected chi connectivity index (χ0v) is 21.9. The number of nitrogens with zero attached hydrogens (tertiary/aromatic N) is 4. The number of hydrogen-bond acceptors (Lipinski definition) is 7. The number of amides is 3. The summed E-state index contributed by atoms with van der Waals surface area (Å²) in [5, 5.41) is 8.60. The number of halogens is 1. The van der Waals surface area contributed by atoms with Gasteiger partial charge in [-0.1, -0.05) is 25.1 Å². The van der Waals surface area contributed by atoms with Gasteiger partial charge >= 0.3 is 6.03 Å². The van der Waals surface area contributed by atoms with Gasteiger partial charge in [-0.25, -0.2) is 24.1 Å². The molecule has 204 valence electrons. The first-order chi connectivity index (χ1) is 19.5. The Morgan fingerprint density at radius 1 is 0.975 bits per heavy atom. The molecule has 11 heteroatoms. The van der Waals surface area contributed by atoms with E-state index in [1.54, 1.807) is 29.2 Å². The normalized spacial score (nSPS) is 12.6. The van der Waals surface area contributed by atoms with Crippen LogP contribution in [0.1, 0.15) is 35.9 Å². The molecule has 0 saturated carbocycles. The van der Waals surface area contributed by atoms with Crippen molar-refractivity contribution >= 4 is 34.9 Å². The van der Waals surface area contributed by atoms with Crippen LogP contribution in [0.2, 0.25) is 0 Å². The molecule has 40 heavy (non-hydrogen) atoms. The molecule has 5 rings (SSSR count). The molecule has 10 nitrogen and oxygen atoms in total. The standard InChI is InChI=1S/C29H28FN7O3/c1-2-25-32-18-22(28(38)34-19-8-4-3-5-9-19)27(35-25)33-20-10-11-24(23(30)16-20)40-21-12-13-31-26(17-21)36-29(39)37-14-6-7-15-37/h3-5,8-13,16-18H,2,6-7,14-15H2,1H3,(H,34,38)(H,31,36,39)(H,32,33,35). The molecule has 3 heterocycles. The summed E-state index contributed by atoms with van der Waals surface area (Å²) in [5.74, 6) is 0.351. The lowest BCUT2D eigenvalue weighted by Crippen LogP contribution is -2.32. The van der Waals surface area contributed by atoms with E-state index in [9.17, 15) is 9.59 Å². The highest BCUT2D eigenvalue weighted by atomic mass is 19.1. The summed E-state index contributed by atoms with van der Waals surface area (Å²) in [6, 6.07) is 16.2. The predicted octanol–water partition coefficient (Wildman–Crippen LogP) is 5.99. The number of hydrogen-bond donors (Lipinski definition) is 3. The van der Waals surface area contributed by atoms with Crippen LogP contribution >= 0.6 is 0 Å². The number of rotatable bonds is 8. The second kappa shape index (κ2) is 12.2. The van der Waals surface area contributed by atoms with E-state index >= 15 is 4.39 Å². The molecule has 2 aromatic heterocycles. The average Bonchev–Trinajstić information content (AvgIpc) is 3.51. The molecule has 0 atom stereocenters. The van der Waals surface area contributed by atoms with Crippen molar-refractivity contribution in [2.45, 2.75) is 26.2 Å². The van der Waals surface area contributed by atoms with Gasteiger partial charge in [-0.15, -0.1) is 0 Å². The van der Waals surface area contributed by atoms with Crippen molar-refractivity contribution in [3.05, 3.63) is 90.3 Å². The van der Waals surface area contributed by atoms with Crippen molar-refractivity contribution in [3.63, 3.8) is 0 Å². The third-order valence-corrected chi connectivity index (χ3v) is 6.21. The number of nitrogens with one attached hydrogen (secondary N) is 3. The highest BCUT2D eigenvalue weighted by molar-refractivity contribution is 6.07. The van der Waals surface area contributed by atoms with Crippen LogP contribution in [-0.2, 0) is 6.42 Å². The molecule has 1 aliphatic rings. The summed E-state index contributed by atoms with van der Waals surface area (Å²) >= 11 is 0. The molecule has 1 aliphatic heterocycles. The molecule has 2 aromatic carbocycles. The summed E-state index contributed by atoms with van der Waals surface area (Å²) in [5.41, 5.74) is 1.20. The van der Waals surface area contributed by atoms with Gasteiger partial charge in [0.1, 0.15) is 28.8 Å². The van der Waals surface area contributed by atoms with Crippen LogP contribution in [0, 0.1) is 5.82 Å². The molecule has 0 unspecified atom stereocenters. The molecule has 3 amide bonds. The van der Waals surface area contributed by atoms with Crippen molar-refractivity contribution < 1.29 is 18.7 Å². The molecular formula is C29H28FN7O3. The van der Waals surface area contributed by atoms with Crippen LogP contribution in [0.5, 0.6) is 11.5 Å². The lowest BCUT2D eigenvalue weighted by atomic mass is 10.2. The molecular weight excluding hydrogens is 513 g/mol. The summed E-state index contributed by atoms with van der Waals surface area (Å²) in [7, 11) is 0. The maximum absolute atomic E-state index is 15.1. The zero-order valence-electron chi connectivity index (χ0n) is 21.9. The molecule has 3 N–H and O–H groups in total. The fourth-order valence-electron chi connectivity index (χ4n) is 4.15. The number of carbonyl (C=O) groups excluding carboxylic acids is 2. The fraction of sp³-hybridized carbons (Fsp3) is 0.207. The highest BCUT2D eigenvalue weighted by Gasteiger charge is 2.19. The minimum Gasteiger partial charge on any atom is -0.454 e. The third-order valence-electron chi connectivity index (χ3n) is 6.21. The number of urea groups is 1. The molecule has 4 aromatic rings. The quantitative estimate of drug-likeness (QED) is 0.251. The second-order valence-corrected chi connectivity index (χ2v) is 9.10. The lowest BCUT2D eigenvalue weighted by molar-refractivity contribution is 0.102. The number of pyridine rings is 1. The number of benzene rings is 2. The van der Waals surface area contributed by atoms with Crippen LogP contribution < -0.4 is 20.7 Å². The van der Waals surface area contributed by atoms with Crippen LogP contribution in [0.25, 0.3) is 0 Å². The molecule has 1 saturated heterocycles. The van der Waals surface area contributed by atoms with Crippen molar-refractivity contribution in [2.24, 2.45) is 0 Å². The van der Waals surface area contributed by atoms with Gasteiger partial charge in [0.25, 0.3) is 5.91 Å². The summed E-state index contributed by atoms with van der Waals surface area (Å²) in [6.45, 7) is 3.32. The number of ether oxygens (including phenoxy) is 1. The summed E-state index contributed by atoms with van der Waals surface area (Å²) in [4.78, 5) is 39.9. The van der Waals surface area contributed by atoms with Gasteiger partial charge in [0.15, 0.2) is 11.6 Å². The van der Waals surface area contributed by atoms with E-state index in [0.29, 0.717) is 48.3 Å². The largest absolute Gasteiger partial charge is 0.454 e. The monoisotopic (exact) mass is 541 g/mol. The van der Waals surface area contributed by atoms with E-state index in [1.807, 2.05) is 25.1 Å². The van der Waals surface area contributed by atoms with Gasteiger partial charge in [0.05, 0.1) is 0 Å². The molecule has 0 radical (unpaired) electrons. The second-order valence-electron chi connectivity index (χ2n) is 9.10. The first-order valence-electron chi connectivity index (χ1n) is 13.0. The van der Waals surface area contributed by atoms with Gasteiger partial charge in [0.2, 0.25) is 0 Å². The number of aromatic nitrogens is 3. The summed E-state index contributed by atoms with van der Waals surface area (Å²) in [6.07, 6.45) is 5.44. The SMILES string of the molecule is CCc1ncc(C(=O)Nc2ccccc2)c(Nc2ccc(Oc3ccnc(NC(=O)N4CCCC4)c3)c(F)c2)n1. The Morgan fingerprint density at radius 3 is 2.52 bits per heavy atom. The molecule has 0 aliphatic carbocycles. The van der Waals surface area contributed by atoms with E-state index in [0.717, 1.165) is 12.8 Å². The first-order valence-corrected chi connectivity index (χ1v) is 13.0. The summed E-state index contributed by atoms with van der Waals surface area (Å²) < 4.78 is 20.8. The predicted molar refractivity (Wildman–Crippen MR) is 150 cm³/mol. The first kappa shape index (κ1) is 26.5. The molecule has 1 fully saturated rings. The Hall–Kier alpha value is -5.06. The van der Waals surface area contributed by atoms with Gasteiger partial charge < -0.3 is 20.3 Å². The topological polar surface area (TPSA) is 121 Å². The van der Waals surface area contributed by atoms with Gasteiger partial charge in [0, 0.05) is 55.4 Å². The minimum atomic E-state index is -0.635. The van der Waals surface area contributed by atoms with Crippen LogP contribution in [-0.4, -0.2) is 44.9 Å². The van der Waals surface area contributed by atoms with Gasteiger partial charge in [-0.2, -0.15) is 0 Å². The van der Waals surface area contributed by atoms with Crippen molar-refractivity contribution in [1.82, 2.24) is 19.9 Å². The fourth-order valence-corrected chi connectivity index (χ4v) is 4.15. The Kier molecular flexibility index (Phi) is 8.10. The Labute approximate surface area is 230 Å². The highest BCUT2D eigenvalue weighted by Crippen LogP contribution is 2.29. The number of anilines is 4. The molecule has 0 spiro atoms. The Balaban J connectivity index is 1.30. The van der Waals surface area contributed by atoms with Crippen molar-refractivity contribution in [1.29, 1.82) is 0 Å². The van der Waals surface area contributed by atoms with E-state index in [1.165, 1.54) is 30.6 Å². The van der Waals surface area contributed by atoms with Crippen LogP contribution in [0.3, 0.4) is 0 Å². The van der Waals surface area contributed by atoms with E-state index in [4.69, 9.17) is 4.74 Å². The Morgan fingerprint density at radius 2 is 1.77 bits per heavy atom. The van der Waals surface area contributed by atoms with Gasteiger partial charge in [-0.3, -0.25) is 10.1 Å². The average molecular weight is 542 g/mol. The van der Waals surface area contributed by atoms with Crippen LogP contribution in [0.4, 0.5) is 32.2 Å². The zero-order chi connectivity index (χ0) is 27.9. The van der Waals surface area contributed by atoms with Crippen molar-refractivity contribution in [2.75, 3.05) is 29.0 Å². The number of likely N-dealkylation sites (tertiary alicyclic amines) is 1. The lowest BCUT2D eigenvalue weighted by Gasteiger charge is -2.16. The number of para-hydroxylation sites is 1. The van der Waals surface area contributed by atoms with Crippen LogP contribution in [0.15, 0.2) is 73.1 Å².